The second kappa shape index (κ2) is 4.03. The Morgan fingerprint density at radius 2 is 2.36 bits per heavy atom. The van der Waals surface area contributed by atoms with Gasteiger partial charge in [0.15, 0.2) is 0 Å². The van der Waals surface area contributed by atoms with Gasteiger partial charge in [0.25, 0.3) is 0 Å². The molecule has 1 atom stereocenters. The van der Waals surface area contributed by atoms with E-state index in [4.69, 9.17) is 5.73 Å². The normalized spacial score (nSPS) is 20.4. The SMILES string of the molecule is CC(C)c1cc2c(s1)CCC2CCN. The zero-order valence-electron chi connectivity index (χ0n) is 9.05. The molecule has 0 aliphatic heterocycles. The molecular weight excluding hydrogens is 190 g/mol. The highest BCUT2D eigenvalue weighted by molar-refractivity contribution is 7.12. The van der Waals surface area contributed by atoms with Gasteiger partial charge in [-0.3, -0.25) is 0 Å². The fourth-order valence-electron chi connectivity index (χ4n) is 2.25. The number of nitrogens with two attached hydrogens (primary N) is 1. The van der Waals surface area contributed by atoms with Crippen LogP contribution in [0.3, 0.4) is 0 Å². The van der Waals surface area contributed by atoms with Gasteiger partial charge in [-0.25, -0.2) is 0 Å². The second-order valence-electron chi connectivity index (χ2n) is 4.49. The molecule has 0 saturated carbocycles. The lowest BCUT2D eigenvalue weighted by molar-refractivity contribution is 0.626. The van der Waals surface area contributed by atoms with Crippen molar-refractivity contribution in [2.45, 2.75) is 44.9 Å². The molecule has 0 amide bonds. The van der Waals surface area contributed by atoms with Gasteiger partial charge < -0.3 is 5.73 Å². The zero-order chi connectivity index (χ0) is 10.1. The largest absolute Gasteiger partial charge is 0.330 e. The minimum absolute atomic E-state index is 0.684. The summed E-state index contributed by atoms with van der Waals surface area (Å²) in [6.45, 7) is 5.38. The van der Waals surface area contributed by atoms with Crippen molar-refractivity contribution in [3.8, 4) is 0 Å². The van der Waals surface area contributed by atoms with Crippen LogP contribution < -0.4 is 5.73 Å². The van der Waals surface area contributed by atoms with E-state index in [2.05, 4.69) is 19.9 Å². The van der Waals surface area contributed by atoms with Crippen LogP contribution in [0.2, 0.25) is 0 Å². The van der Waals surface area contributed by atoms with E-state index >= 15 is 0 Å². The van der Waals surface area contributed by atoms with E-state index in [0.29, 0.717) is 5.92 Å². The van der Waals surface area contributed by atoms with Crippen molar-refractivity contribution < 1.29 is 0 Å². The van der Waals surface area contributed by atoms with Crippen molar-refractivity contribution in [1.82, 2.24) is 0 Å². The van der Waals surface area contributed by atoms with Gasteiger partial charge >= 0.3 is 0 Å². The lowest BCUT2D eigenvalue weighted by Crippen LogP contribution is -2.04. The molecule has 14 heavy (non-hydrogen) atoms. The molecule has 0 bridgehead atoms. The molecule has 1 aliphatic rings. The molecule has 0 saturated heterocycles. The summed E-state index contributed by atoms with van der Waals surface area (Å²) in [6, 6.07) is 2.43. The van der Waals surface area contributed by atoms with Crippen LogP contribution >= 0.6 is 11.3 Å². The molecule has 0 radical (unpaired) electrons. The first-order valence-corrected chi connectivity index (χ1v) is 6.36. The predicted octanol–water partition coefficient (Wildman–Crippen LogP) is 3.25. The minimum atomic E-state index is 0.684. The molecule has 0 spiro atoms. The van der Waals surface area contributed by atoms with E-state index in [0.717, 1.165) is 12.5 Å². The molecule has 78 valence electrons. The predicted molar refractivity (Wildman–Crippen MR) is 63.1 cm³/mol. The number of fused-ring (bicyclic) bond motifs is 1. The van der Waals surface area contributed by atoms with Gasteiger partial charge in [-0.1, -0.05) is 13.8 Å². The van der Waals surface area contributed by atoms with E-state index in [9.17, 15) is 0 Å². The highest BCUT2D eigenvalue weighted by Crippen LogP contribution is 2.42. The van der Waals surface area contributed by atoms with E-state index in [1.165, 1.54) is 19.3 Å². The Balaban J connectivity index is 2.21. The van der Waals surface area contributed by atoms with Crippen molar-refractivity contribution >= 4 is 11.3 Å². The summed E-state index contributed by atoms with van der Waals surface area (Å²) in [5.74, 6) is 1.45. The van der Waals surface area contributed by atoms with E-state index < -0.39 is 0 Å². The first-order valence-electron chi connectivity index (χ1n) is 5.55. The highest BCUT2D eigenvalue weighted by atomic mass is 32.1. The van der Waals surface area contributed by atoms with E-state index in [1.807, 2.05) is 11.3 Å². The van der Waals surface area contributed by atoms with E-state index in [-0.39, 0.29) is 0 Å². The Hall–Kier alpha value is -0.340. The van der Waals surface area contributed by atoms with Crippen LogP contribution in [0, 0.1) is 0 Å². The monoisotopic (exact) mass is 209 g/mol. The Bertz CT molecular complexity index is 314. The first kappa shape index (κ1) is 10.2. The summed E-state index contributed by atoms with van der Waals surface area (Å²) in [7, 11) is 0. The van der Waals surface area contributed by atoms with Crippen molar-refractivity contribution in [2.24, 2.45) is 5.73 Å². The average Bonchev–Trinajstić information content (AvgIpc) is 2.67. The van der Waals surface area contributed by atoms with Crippen molar-refractivity contribution in [1.29, 1.82) is 0 Å². The highest BCUT2D eigenvalue weighted by Gasteiger charge is 2.24. The molecule has 1 unspecified atom stereocenters. The van der Waals surface area contributed by atoms with E-state index in [1.54, 1.807) is 15.3 Å². The summed E-state index contributed by atoms with van der Waals surface area (Å²) in [5, 5.41) is 0. The maximum Gasteiger partial charge on any atom is 0.00833 e. The van der Waals surface area contributed by atoms with Crippen molar-refractivity contribution in [3.05, 3.63) is 21.4 Å². The maximum atomic E-state index is 5.64. The van der Waals surface area contributed by atoms with Gasteiger partial charge in [0.2, 0.25) is 0 Å². The lowest BCUT2D eigenvalue weighted by atomic mass is 9.99. The smallest absolute Gasteiger partial charge is 0.00833 e. The molecule has 2 N–H and O–H groups in total. The van der Waals surface area contributed by atoms with Crippen LogP contribution in [0.25, 0.3) is 0 Å². The van der Waals surface area contributed by atoms with Crippen molar-refractivity contribution in [2.75, 3.05) is 6.54 Å². The maximum absolute atomic E-state index is 5.64. The fraction of sp³-hybridized carbons (Fsp3) is 0.667. The Labute approximate surface area is 90.3 Å². The van der Waals surface area contributed by atoms with Crippen LogP contribution in [0.1, 0.15) is 53.8 Å². The van der Waals surface area contributed by atoms with Crippen LogP contribution in [0.4, 0.5) is 0 Å². The third-order valence-corrected chi connectivity index (χ3v) is 4.62. The molecule has 1 heterocycles. The van der Waals surface area contributed by atoms with Gasteiger partial charge in [-0.15, -0.1) is 11.3 Å². The standard InChI is InChI=1S/C12H19NS/c1-8(2)12-7-10-9(5-6-13)3-4-11(10)14-12/h7-9H,3-6,13H2,1-2H3. The second-order valence-corrected chi connectivity index (χ2v) is 5.66. The van der Waals surface area contributed by atoms with Gasteiger partial charge in [0.05, 0.1) is 0 Å². The molecule has 1 nitrogen and oxygen atoms in total. The summed E-state index contributed by atoms with van der Waals surface area (Å²) in [4.78, 5) is 3.18. The van der Waals surface area contributed by atoms with Gasteiger partial charge in [0, 0.05) is 9.75 Å². The number of rotatable bonds is 3. The van der Waals surface area contributed by atoms with Gasteiger partial charge in [-0.05, 0) is 49.3 Å². The molecule has 1 aromatic heterocycles. The van der Waals surface area contributed by atoms with Crippen LogP contribution in [-0.4, -0.2) is 6.54 Å². The molecule has 2 heteroatoms. The summed E-state index contributed by atoms with van der Waals surface area (Å²) >= 11 is 2.02. The minimum Gasteiger partial charge on any atom is -0.330 e. The van der Waals surface area contributed by atoms with Crippen molar-refractivity contribution in [3.63, 3.8) is 0 Å². The topological polar surface area (TPSA) is 26.0 Å². The lowest BCUT2D eigenvalue weighted by Gasteiger charge is -2.07. The first-order chi connectivity index (χ1) is 6.72. The van der Waals surface area contributed by atoms with Crippen LogP contribution in [-0.2, 0) is 6.42 Å². The summed E-state index contributed by atoms with van der Waals surface area (Å²) < 4.78 is 0. The van der Waals surface area contributed by atoms with Crippen LogP contribution in [0.15, 0.2) is 6.07 Å². The molecule has 0 aromatic carbocycles. The fourth-order valence-corrected chi connectivity index (χ4v) is 3.52. The van der Waals surface area contributed by atoms with Crippen LogP contribution in [0.5, 0.6) is 0 Å². The van der Waals surface area contributed by atoms with Gasteiger partial charge in [-0.2, -0.15) is 0 Å². The number of hydrogen-bond donors (Lipinski definition) is 1. The molecule has 0 fully saturated rings. The Kier molecular flexibility index (Phi) is 2.93. The average molecular weight is 209 g/mol. The number of hydrogen-bond acceptors (Lipinski definition) is 2. The Morgan fingerprint density at radius 1 is 1.57 bits per heavy atom. The Morgan fingerprint density at radius 3 is 3.00 bits per heavy atom. The third-order valence-electron chi connectivity index (χ3n) is 3.10. The summed E-state index contributed by atoms with van der Waals surface area (Å²) in [6.07, 6.45) is 3.79. The molecule has 1 aliphatic carbocycles. The zero-order valence-corrected chi connectivity index (χ0v) is 9.86. The number of aryl methyl sites for hydroxylation is 1. The molecule has 2 rings (SSSR count). The van der Waals surface area contributed by atoms with Gasteiger partial charge in [0.1, 0.15) is 0 Å². The summed E-state index contributed by atoms with van der Waals surface area (Å²) in [5.41, 5.74) is 7.25. The quantitative estimate of drug-likeness (QED) is 0.812. The number of thiophene rings is 1. The molecule has 1 aromatic rings. The third kappa shape index (κ3) is 1.73. The molecular formula is C12H19NS.